The summed E-state index contributed by atoms with van der Waals surface area (Å²) >= 11 is 0. The molecule has 0 aromatic heterocycles. The molecule has 0 aliphatic carbocycles. The summed E-state index contributed by atoms with van der Waals surface area (Å²) in [5, 5.41) is 0. The van der Waals surface area contributed by atoms with Crippen molar-refractivity contribution in [3.63, 3.8) is 0 Å². The van der Waals surface area contributed by atoms with Crippen molar-refractivity contribution in [2.45, 2.75) is 25.9 Å². The van der Waals surface area contributed by atoms with Crippen molar-refractivity contribution in [2.24, 2.45) is 0 Å². The van der Waals surface area contributed by atoms with Gasteiger partial charge in [-0.3, -0.25) is 0 Å². The van der Waals surface area contributed by atoms with Crippen molar-refractivity contribution in [1.29, 1.82) is 0 Å². The van der Waals surface area contributed by atoms with Crippen LogP contribution in [0.3, 0.4) is 0 Å². The Balaban J connectivity index is 1.92. The second-order valence-electron chi connectivity index (χ2n) is 4.20. The third-order valence-electron chi connectivity index (χ3n) is 2.79. The molecule has 2 rings (SSSR count). The van der Waals surface area contributed by atoms with Crippen LogP contribution in [0.5, 0.6) is 5.75 Å². The highest BCUT2D eigenvalue weighted by Gasteiger charge is 2.15. The first-order chi connectivity index (χ1) is 8.79. The molecule has 0 saturated carbocycles. The lowest BCUT2D eigenvalue weighted by Crippen LogP contribution is -2.27. The lowest BCUT2D eigenvalue weighted by Gasteiger charge is -2.23. The Bertz CT molecular complexity index is 379. The van der Waals surface area contributed by atoms with Crippen LogP contribution in [0, 0.1) is 0 Å². The zero-order valence-corrected chi connectivity index (χ0v) is 10.6. The van der Waals surface area contributed by atoms with Gasteiger partial charge in [0.1, 0.15) is 11.9 Å². The second-order valence-corrected chi connectivity index (χ2v) is 4.20. The van der Waals surface area contributed by atoms with Crippen LogP contribution >= 0.6 is 0 Å². The third kappa shape index (κ3) is 3.47. The van der Waals surface area contributed by atoms with Crippen molar-refractivity contribution in [3.8, 4) is 5.75 Å². The van der Waals surface area contributed by atoms with E-state index in [1.807, 2.05) is 0 Å². The van der Waals surface area contributed by atoms with E-state index in [-0.39, 0.29) is 12.1 Å². The fraction of sp³-hybridized carbons (Fsp3) is 0.500. The molecule has 0 N–H and O–H groups in total. The normalized spacial score (nSPS) is 19.3. The van der Waals surface area contributed by atoms with Gasteiger partial charge in [-0.25, -0.2) is 4.79 Å². The number of hydrogen-bond acceptors (Lipinski definition) is 4. The van der Waals surface area contributed by atoms with Crippen LogP contribution in [-0.2, 0) is 9.47 Å². The van der Waals surface area contributed by atoms with Gasteiger partial charge in [0.2, 0.25) is 0 Å². The maximum absolute atomic E-state index is 11.5. The van der Waals surface area contributed by atoms with E-state index in [0.717, 1.165) is 25.2 Å². The molecule has 18 heavy (non-hydrogen) atoms. The first kappa shape index (κ1) is 12.9. The second kappa shape index (κ2) is 6.40. The summed E-state index contributed by atoms with van der Waals surface area (Å²) in [7, 11) is 0. The Morgan fingerprint density at radius 3 is 2.78 bits per heavy atom. The minimum atomic E-state index is -0.301. The molecule has 1 saturated heterocycles. The van der Waals surface area contributed by atoms with E-state index >= 15 is 0 Å². The Morgan fingerprint density at radius 2 is 2.17 bits per heavy atom. The largest absolute Gasteiger partial charge is 0.488 e. The molecule has 0 bridgehead atoms. The lowest BCUT2D eigenvalue weighted by atomic mass is 10.1. The average Bonchev–Trinajstić information content (AvgIpc) is 2.41. The Hall–Kier alpha value is -1.55. The van der Waals surface area contributed by atoms with Crippen LogP contribution in [0.2, 0.25) is 0 Å². The SMILES string of the molecule is CCOC(=O)c1ccc(OC2CCCOC2)cc1. The highest BCUT2D eigenvalue weighted by atomic mass is 16.5. The van der Waals surface area contributed by atoms with Crippen LogP contribution in [0.4, 0.5) is 0 Å². The highest BCUT2D eigenvalue weighted by Crippen LogP contribution is 2.18. The first-order valence-electron chi connectivity index (χ1n) is 6.31. The van der Waals surface area contributed by atoms with Gasteiger partial charge in [0.05, 0.1) is 18.8 Å². The van der Waals surface area contributed by atoms with Gasteiger partial charge in [-0.05, 0) is 44.0 Å². The standard InChI is InChI=1S/C14H18O4/c1-2-17-14(15)11-5-7-12(8-6-11)18-13-4-3-9-16-10-13/h5-8,13H,2-4,9-10H2,1H3. The molecule has 0 spiro atoms. The minimum Gasteiger partial charge on any atom is -0.488 e. The molecular formula is C14H18O4. The van der Waals surface area contributed by atoms with E-state index in [1.54, 1.807) is 31.2 Å². The van der Waals surface area contributed by atoms with E-state index in [1.165, 1.54) is 0 Å². The van der Waals surface area contributed by atoms with E-state index < -0.39 is 0 Å². The molecular weight excluding hydrogens is 232 g/mol. The molecule has 0 radical (unpaired) electrons. The molecule has 1 unspecified atom stereocenters. The van der Waals surface area contributed by atoms with Gasteiger partial charge < -0.3 is 14.2 Å². The molecule has 98 valence electrons. The smallest absolute Gasteiger partial charge is 0.338 e. The van der Waals surface area contributed by atoms with Gasteiger partial charge in [0.15, 0.2) is 0 Å². The molecule has 1 aromatic carbocycles. The van der Waals surface area contributed by atoms with Crippen molar-refractivity contribution >= 4 is 5.97 Å². The van der Waals surface area contributed by atoms with E-state index in [9.17, 15) is 4.79 Å². The Morgan fingerprint density at radius 1 is 1.39 bits per heavy atom. The number of esters is 1. The molecule has 4 heteroatoms. The third-order valence-corrected chi connectivity index (χ3v) is 2.79. The maximum Gasteiger partial charge on any atom is 0.338 e. The lowest BCUT2D eigenvalue weighted by molar-refractivity contribution is 0.00741. The molecule has 4 nitrogen and oxygen atoms in total. The van der Waals surface area contributed by atoms with Gasteiger partial charge in [-0.2, -0.15) is 0 Å². The van der Waals surface area contributed by atoms with Crippen molar-refractivity contribution < 1.29 is 19.0 Å². The summed E-state index contributed by atoms with van der Waals surface area (Å²) in [5.41, 5.74) is 0.545. The number of benzene rings is 1. The molecule has 1 aromatic rings. The van der Waals surface area contributed by atoms with Gasteiger partial charge in [-0.15, -0.1) is 0 Å². The van der Waals surface area contributed by atoms with E-state index in [4.69, 9.17) is 14.2 Å². The van der Waals surface area contributed by atoms with E-state index in [2.05, 4.69) is 0 Å². The molecule has 1 aliphatic rings. The zero-order chi connectivity index (χ0) is 12.8. The van der Waals surface area contributed by atoms with Crippen LogP contribution in [0.25, 0.3) is 0 Å². The first-order valence-corrected chi connectivity index (χ1v) is 6.31. The molecule has 0 amide bonds. The fourth-order valence-corrected chi connectivity index (χ4v) is 1.88. The van der Waals surface area contributed by atoms with Crippen LogP contribution in [0.15, 0.2) is 24.3 Å². The van der Waals surface area contributed by atoms with Crippen LogP contribution < -0.4 is 4.74 Å². The van der Waals surface area contributed by atoms with Crippen LogP contribution in [0.1, 0.15) is 30.1 Å². The summed E-state index contributed by atoms with van der Waals surface area (Å²) in [6.45, 7) is 3.64. The predicted octanol–water partition coefficient (Wildman–Crippen LogP) is 2.42. The predicted molar refractivity (Wildman–Crippen MR) is 66.9 cm³/mol. The van der Waals surface area contributed by atoms with E-state index in [0.29, 0.717) is 18.8 Å². The zero-order valence-electron chi connectivity index (χ0n) is 10.6. The fourth-order valence-electron chi connectivity index (χ4n) is 1.88. The molecule has 1 fully saturated rings. The van der Waals surface area contributed by atoms with Crippen molar-refractivity contribution in [2.75, 3.05) is 19.8 Å². The summed E-state index contributed by atoms with van der Waals surface area (Å²) in [6.07, 6.45) is 2.16. The number of ether oxygens (including phenoxy) is 3. The molecule has 1 atom stereocenters. The number of hydrogen-bond donors (Lipinski definition) is 0. The van der Waals surface area contributed by atoms with Crippen molar-refractivity contribution in [1.82, 2.24) is 0 Å². The summed E-state index contributed by atoms with van der Waals surface area (Å²) in [4.78, 5) is 11.5. The number of carbonyl (C=O) groups is 1. The summed E-state index contributed by atoms with van der Waals surface area (Å²) in [5.74, 6) is 0.462. The van der Waals surface area contributed by atoms with Gasteiger partial charge in [-0.1, -0.05) is 0 Å². The Labute approximate surface area is 107 Å². The average molecular weight is 250 g/mol. The monoisotopic (exact) mass is 250 g/mol. The topological polar surface area (TPSA) is 44.8 Å². The Kier molecular flexibility index (Phi) is 4.59. The highest BCUT2D eigenvalue weighted by molar-refractivity contribution is 5.89. The molecule has 1 heterocycles. The molecule has 1 aliphatic heterocycles. The summed E-state index contributed by atoms with van der Waals surface area (Å²) in [6, 6.07) is 7.02. The van der Waals surface area contributed by atoms with Gasteiger partial charge in [0.25, 0.3) is 0 Å². The van der Waals surface area contributed by atoms with Gasteiger partial charge >= 0.3 is 5.97 Å². The van der Waals surface area contributed by atoms with Crippen LogP contribution in [-0.4, -0.2) is 31.9 Å². The van der Waals surface area contributed by atoms with Gasteiger partial charge in [0, 0.05) is 6.61 Å². The maximum atomic E-state index is 11.5. The quantitative estimate of drug-likeness (QED) is 0.770. The summed E-state index contributed by atoms with van der Waals surface area (Å²) < 4.78 is 16.0. The number of carbonyl (C=O) groups excluding carboxylic acids is 1. The minimum absolute atomic E-state index is 0.118. The number of rotatable bonds is 4. The van der Waals surface area contributed by atoms with Crippen molar-refractivity contribution in [3.05, 3.63) is 29.8 Å².